The Balaban J connectivity index is 1.52. The quantitative estimate of drug-likeness (QED) is 0.206. The lowest BCUT2D eigenvalue weighted by Gasteiger charge is -2.33. The number of aryl methyl sites for hydroxylation is 1. The third-order valence-electron chi connectivity index (χ3n) is 7.69. The molecule has 0 amide bonds. The van der Waals surface area contributed by atoms with Crippen LogP contribution in [-0.2, 0) is 12.0 Å². The summed E-state index contributed by atoms with van der Waals surface area (Å²) in [5.41, 5.74) is 6.20. The lowest BCUT2D eigenvalue weighted by Crippen LogP contribution is -2.31. The van der Waals surface area contributed by atoms with Crippen molar-refractivity contribution in [3.05, 3.63) is 125 Å². The molecule has 37 heavy (non-hydrogen) atoms. The van der Waals surface area contributed by atoms with E-state index in [0.29, 0.717) is 0 Å². The van der Waals surface area contributed by atoms with Gasteiger partial charge in [0.2, 0.25) is 0 Å². The molecule has 0 aliphatic heterocycles. The van der Waals surface area contributed by atoms with E-state index < -0.39 is 0 Å². The number of hydrogen-bond donors (Lipinski definition) is 1. The van der Waals surface area contributed by atoms with Gasteiger partial charge in [-0.05, 0) is 70.7 Å². The summed E-state index contributed by atoms with van der Waals surface area (Å²) in [5, 5.41) is 9.16. The molecule has 1 nitrogen and oxygen atoms in total. The van der Waals surface area contributed by atoms with Crippen LogP contribution < -0.4 is 5.32 Å². The van der Waals surface area contributed by atoms with Crippen LogP contribution in [0.15, 0.2) is 103 Å². The maximum Gasteiger partial charge on any atom is 0.0600 e. The van der Waals surface area contributed by atoms with E-state index in [1.54, 1.807) is 0 Å². The van der Waals surface area contributed by atoms with Gasteiger partial charge in [-0.3, -0.25) is 0 Å². The van der Waals surface area contributed by atoms with Gasteiger partial charge in [0.25, 0.3) is 0 Å². The molecule has 5 rings (SSSR count). The molecule has 0 bridgehead atoms. The van der Waals surface area contributed by atoms with Crippen LogP contribution in [0.25, 0.3) is 33.7 Å². The highest BCUT2D eigenvalue weighted by molar-refractivity contribution is 6.00. The van der Waals surface area contributed by atoms with E-state index in [0.717, 1.165) is 12.8 Å². The van der Waals surface area contributed by atoms with Crippen LogP contribution >= 0.6 is 0 Å². The third-order valence-corrected chi connectivity index (χ3v) is 7.69. The number of nitrogens with one attached hydrogen (secondary N) is 1. The predicted molar refractivity (Wildman–Crippen MR) is 163 cm³/mol. The smallest absolute Gasteiger partial charge is 0.0600 e. The minimum atomic E-state index is -0.200. The minimum absolute atomic E-state index is 0.200. The maximum atomic E-state index is 3.98. The van der Waals surface area contributed by atoms with Crippen LogP contribution in [0.2, 0.25) is 0 Å². The van der Waals surface area contributed by atoms with Crippen LogP contribution in [0.5, 0.6) is 0 Å². The molecule has 1 atom stereocenters. The van der Waals surface area contributed by atoms with Gasteiger partial charge in [0.05, 0.1) is 5.54 Å². The van der Waals surface area contributed by atoms with Crippen molar-refractivity contribution in [2.75, 3.05) is 5.32 Å². The van der Waals surface area contributed by atoms with E-state index in [1.807, 2.05) is 0 Å². The molecule has 0 saturated carbocycles. The number of hydrogen-bond acceptors (Lipinski definition) is 1. The molecule has 0 aliphatic rings. The van der Waals surface area contributed by atoms with E-state index in [9.17, 15) is 0 Å². The van der Waals surface area contributed by atoms with Gasteiger partial charge in [0, 0.05) is 11.1 Å². The fourth-order valence-electron chi connectivity index (χ4n) is 5.32. The average molecular weight is 484 g/mol. The molecule has 0 saturated heterocycles. The summed E-state index contributed by atoms with van der Waals surface area (Å²) >= 11 is 0. The summed E-state index contributed by atoms with van der Waals surface area (Å²) in [4.78, 5) is 0. The molecule has 5 aromatic rings. The molecule has 0 heterocycles. The molecular formula is C36H37N. The van der Waals surface area contributed by atoms with Gasteiger partial charge in [-0.2, -0.15) is 0 Å². The van der Waals surface area contributed by atoms with Gasteiger partial charge in [0.15, 0.2) is 0 Å². The molecule has 186 valence electrons. The van der Waals surface area contributed by atoms with Gasteiger partial charge in [0.1, 0.15) is 0 Å². The molecular weight excluding hydrogens is 446 g/mol. The number of anilines is 1. The monoisotopic (exact) mass is 483 g/mol. The molecule has 0 spiro atoms. The Morgan fingerprint density at radius 2 is 1.49 bits per heavy atom. The van der Waals surface area contributed by atoms with Crippen molar-refractivity contribution >= 4 is 39.4 Å². The van der Waals surface area contributed by atoms with Crippen LogP contribution in [0.3, 0.4) is 0 Å². The van der Waals surface area contributed by atoms with Gasteiger partial charge in [-0.1, -0.05) is 129 Å². The van der Waals surface area contributed by atoms with Crippen LogP contribution in [0.1, 0.15) is 62.3 Å². The predicted octanol–water partition coefficient (Wildman–Crippen LogP) is 10.2. The molecule has 1 N–H and O–H groups in total. The highest BCUT2D eigenvalue weighted by Gasteiger charge is 2.27. The first-order valence-corrected chi connectivity index (χ1v) is 13.7. The zero-order chi connectivity index (χ0) is 25.7. The number of fused-ring (bicyclic) bond motifs is 2. The Bertz CT molecular complexity index is 1530. The van der Waals surface area contributed by atoms with E-state index >= 15 is 0 Å². The van der Waals surface area contributed by atoms with Crippen molar-refractivity contribution in [2.24, 2.45) is 0 Å². The number of benzene rings is 5. The second-order valence-corrected chi connectivity index (χ2v) is 10.3. The second kappa shape index (κ2) is 11.0. The van der Waals surface area contributed by atoms with Gasteiger partial charge >= 0.3 is 0 Å². The number of unbranched alkanes of at least 4 members (excludes halogenated alkanes) is 1. The Morgan fingerprint density at radius 1 is 0.703 bits per heavy atom. The Morgan fingerprint density at radius 3 is 2.27 bits per heavy atom. The van der Waals surface area contributed by atoms with E-state index in [-0.39, 0.29) is 5.54 Å². The Kier molecular flexibility index (Phi) is 7.42. The van der Waals surface area contributed by atoms with Gasteiger partial charge < -0.3 is 5.32 Å². The molecule has 0 aromatic heterocycles. The standard InChI is InChI=1S/C36H37N/c1-4-6-13-28-21-24-32-30(26-28)16-12-19-34(32)36(3,5-2)37-35-25-23-29(31-17-10-11-18-33(31)35)22-20-27-14-8-7-9-15-27/h7-12,14-26,37H,4-6,13H2,1-3H3/b22-20+. The lowest BCUT2D eigenvalue weighted by atomic mass is 9.84. The highest BCUT2D eigenvalue weighted by Crippen LogP contribution is 2.37. The van der Waals surface area contributed by atoms with Crippen molar-refractivity contribution in [2.45, 2.75) is 52.0 Å². The molecule has 0 radical (unpaired) electrons. The SMILES string of the molecule is CCCCc1ccc2c(C(C)(CC)Nc3ccc(/C=C/c4ccccc4)c4ccccc34)cccc2c1. The van der Waals surface area contributed by atoms with Crippen molar-refractivity contribution in [3.8, 4) is 0 Å². The molecule has 1 unspecified atom stereocenters. The lowest BCUT2D eigenvalue weighted by molar-refractivity contribution is 0.528. The fourth-order valence-corrected chi connectivity index (χ4v) is 5.32. The summed E-state index contributed by atoms with van der Waals surface area (Å²) in [6.07, 6.45) is 9.01. The summed E-state index contributed by atoms with van der Waals surface area (Å²) in [7, 11) is 0. The zero-order valence-electron chi connectivity index (χ0n) is 22.3. The molecule has 5 aromatic carbocycles. The van der Waals surface area contributed by atoms with E-state index in [1.165, 1.54) is 62.3 Å². The fraction of sp³-hybridized carbons (Fsp3) is 0.222. The number of rotatable bonds is 9. The molecule has 0 fully saturated rings. The van der Waals surface area contributed by atoms with Crippen molar-refractivity contribution in [3.63, 3.8) is 0 Å². The van der Waals surface area contributed by atoms with Crippen LogP contribution in [0.4, 0.5) is 5.69 Å². The first kappa shape index (κ1) is 24.8. The summed E-state index contributed by atoms with van der Waals surface area (Å²) in [5.74, 6) is 0. The van der Waals surface area contributed by atoms with E-state index in [4.69, 9.17) is 0 Å². The highest BCUT2D eigenvalue weighted by atomic mass is 15.0. The third kappa shape index (κ3) is 5.32. The van der Waals surface area contributed by atoms with Crippen LogP contribution in [-0.4, -0.2) is 0 Å². The minimum Gasteiger partial charge on any atom is -0.375 e. The van der Waals surface area contributed by atoms with Gasteiger partial charge in [-0.25, -0.2) is 0 Å². The Labute approximate surface area is 221 Å². The topological polar surface area (TPSA) is 12.0 Å². The zero-order valence-corrected chi connectivity index (χ0v) is 22.3. The molecule has 1 heteroatoms. The first-order chi connectivity index (χ1) is 18.1. The maximum absolute atomic E-state index is 3.98. The van der Waals surface area contributed by atoms with Crippen LogP contribution in [0, 0.1) is 0 Å². The summed E-state index contributed by atoms with van der Waals surface area (Å²) < 4.78 is 0. The first-order valence-electron chi connectivity index (χ1n) is 13.7. The molecule has 0 aliphatic carbocycles. The van der Waals surface area contributed by atoms with Crippen molar-refractivity contribution in [1.82, 2.24) is 0 Å². The second-order valence-electron chi connectivity index (χ2n) is 10.3. The van der Waals surface area contributed by atoms with Crippen molar-refractivity contribution in [1.29, 1.82) is 0 Å². The average Bonchev–Trinajstić information content (AvgIpc) is 2.95. The summed E-state index contributed by atoms with van der Waals surface area (Å²) in [6, 6.07) is 37.5. The summed E-state index contributed by atoms with van der Waals surface area (Å²) in [6.45, 7) is 6.87. The van der Waals surface area contributed by atoms with Crippen molar-refractivity contribution < 1.29 is 0 Å². The Hall–Kier alpha value is -3.84. The van der Waals surface area contributed by atoms with E-state index in [2.05, 4.69) is 141 Å². The largest absolute Gasteiger partial charge is 0.375 e. The normalized spacial score (nSPS) is 13.3. The van der Waals surface area contributed by atoms with Gasteiger partial charge in [-0.15, -0.1) is 0 Å².